The lowest BCUT2D eigenvalue weighted by molar-refractivity contribution is 0.307. The van der Waals surface area contributed by atoms with Crippen LogP contribution in [0.2, 0.25) is 0 Å². The molecule has 0 aliphatic heterocycles. The summed E-state index contributed by atoms with van der Waals surface area (Å²) in [6.07, 6.45) is 10.1. The molecule has 1 aliphatic carbocycles. The fourth-order valence-electron chi connectivity index (χ4n) is 2.50. The molecule has 6 nitrogen and oxygen atoms in total. The molecule has 0 radical (unpaired) electrons. The lowest BCUT2D eigenvalue weighted by Crippen LogP contribution is -2.15. The predicted molar refractivity (Wildman–Crippen MR) is 72.7 cm³/mol. The first kappa shape index (κ1) is 12.7. The van der Waals surface area contributed by atoms with Crippen LogP contribution >= 0.6 is 11.8 Å². The first-order valence-corrected chi connectivity index (χ1v) is 7.70. The zero-order valence-corrected chi connectivity index (χ0v) is 11.9. The summed E-state index contributed by atoms with van der Waals surface area (Å²) < 4.78 is 4.04. The molecule has 3 rings (SSSR count). The third-order valence-electron chi connectivity index (χ3n) is 3.63. The first-order chi connectivity index (χ1) is 9.34. The Morgan fingerprint density at radius 3 is 2.89 bits per heavy atom. The number of tetrazole rings is 1. The maximum Gasteiger partial charge on any atom is 0.210 e. The van der Waals surface area contributed by atoms with Gasteiger partial charge < -0.3 is 4.57 Å². The van der Waals surface area contributed by atoms with Crippen LogP contribution in [0.25, 0.3) is 0 Å². The highest BCUT2D eigenvalue weighted by molar-refractivity contribution is 7.98. The van der Waals surface area contributed by atoms with E-state index in [1.807, 2.05) is 28.7 Å². The van der Waals surface area contributed by atoms with Crippen molar-refractivity contribution in [1.82, 2.24) is 29.8 Å². The van der Waals surface area contributed by atoms with Gasteiger partial charge in [-0.05, 0) is 23.3 Å². The highest BCUT2D eigenvalue weighted by Crippen LogP contribution is 2.30. The monoisotopic (exact) mass is 278 g/mol. The van der Waals surface area contributed by atoms with Crippen molar-refractivity contribution in [3.8, 4) is 0 Å². The normalized spacial score (nSPS) is 16.9. The minimum absolute atomic E-state index is 0.479. The third kappa shape index (κ3) is 2.80. The van der Waals surface area contributed by atoms with Crippen LogP contribution in [0, 0.1) is 0 Å². The number of nitrogens with zero attached hydrogens (tertiary/aromatic N) is 6. The maximum absolute atomic E-state index is 4.32. The van der Waals surface area contributed by atoms with E-state index in [0.29, 0.717) is 6.04 Å². The Morgan fingerprint density at radius 2 is 2.16 bits per heavy atom. The number of thioether (sulfide) groups is 1. The summed E-state index contributed by atoms with van der Waals surface area (Å²) in [5.41, 5.74) is 0. The Kier molecular flexibility index (Phi) is 3.82. The molecule has 2 aromatic heterocycles. The predicted octanol–water partition coefficient (Wildman–Crippen LogP) is 2.20. The van der Waals surface area contributed by atoms with Gasteiger partial charge in [-0.3, -0.25) is 0 Å². The van der Waals surface area contributed by atoms with E-state index in [0.717, 1.165) is 16.7 Å². The molecule has 0 saturated heterocycles. The van der Waals surface area contributed by atoms with E-state index < -0.39 is 0 Å². The molecule has 19 heavy (non-hydrogen) atoms. The second-order valence-corrected chi connectivity index (χ2v) is 5.88. The van der Waals surface area contributed by atoms with Crippen LogP contribution in [0.1, 0.15) is 44.0 Å². The molecule has 1 saturated carbocycles. The summed E-state index contributed by atoms with van der Waals surface area (Å²) in [6, 6.07) is 0.479. The molecular weight excluding hydrogens is 260 g/mol. The summed E-state index contributed by atoms with van der Waals surface area (Å²) in [4.78, 5) is 4.32. The van der Waals surface area contributed by atoms with Crippen molar-refractivity contribution in [2.45, 2.75) is 49.1 Å². The number of rotatable bonds is 4. The lowest BCUT2D eigenvalue weighted by Gasteiger charge is -2.21. The quantitative estimate of drug-likeness (QED) is 0.802. The van der Waals surface area contributed by atoms with E-state index in [4.69, 9.17) is 0 Å². The van der Waals surface area contributed by atoms with Gasteiger partial charge >= 0.3 is 0 Å². The van der Waals surface area contributed by atoms with E-state index in [1.165, 1.54) is 32.1 Å². The molecule has 0 amide bonds. The molecule has 1 fully saturated rings. The molecule has 0 aromatic carbocycles. The molecule has 0 atom stereocenters. The average Bonchev–Trinajstić information content (AvgIpc) is 3.06. The molecule has 0 spiro atoms. The Bertz CT molecular complexity index is 528. The summed E-state index contributed by atoms with van der Waals surface area (Å²) >= 11 is 1.66. The molecule has 2 heterocycles. The van der Waals surface area contributed by atoms with Crippen molar-refractivity contribution in [2.75, 3.05) is 0 Å². The number of hydrogen-bond donors (Lipinski definition) is 0. The van der Waals surface area contributed by atoms with Gasteiger partial charge in [0.2, 0.25) is 5.16 Å². The van der Waals surface area contributed by atoms with Crippen LogP contribution in [-0.2, 0) is 12.8 Å². The van der Waals surface area contributed by atoms with Crippen molar-refractivity contribution in [1.29, 1.82) is 0 Å². The molecule has 102 valence electrons. The second-order valence-electron chi connectivity index (χ2n) is 4.94. The van der Waals surface area contributed by atoms with Crippen LogP contribution in [0.3, 0.4) is 0 Å². The van der Waals surface area contributed by atoms with Gasteiger partial charge in [0.15, 0.2) is 0 Å². The standard InChI is InChI=1S/C12H18N6S/c1-17-8-7-13-11(17)9-19-12-14-15-16-18(12)10-5-3-2-4-6-10/h7-8,10H,2-6,9H2,1H3. The van der Waals surface area contributed by atoms with Gasteiger partial charge in [0.05, 0.1) is 11.8 Å². The Balaban J connectivity index is 1.68. The second kappa shape index (κ2) is 5.73. The van der Waals surface area contributed by atoms with Gasteiger partial charge in [0, 0.05) is 19.4 Å². The van der Waals surface area contributed by atoms with E-state index in [9.17, 15) is 0 Å². The fourth-order valence-corrected chi connectivity index (χ4v) is 3.45. The summed E-state index contributed by atoms with van der Waals surface area (Å²) in [5.74, 6) is 1.85. The van der Waals surface area contributed by atoms with Gasteiger partial charge in [-0.2, -0.15) is 0 Å². The molecular formula is C12H18N6S. The van der Waals surface area contributed by atoms with E-state index >= 15 is 0 Å². The van der Waals surface area contributed by atoms with Gasteiger partial charge in [-0.15, -0.1) is 5.10 Å². The third-order valence-corrected chi connectivity index (χ3v) is 4.56. The minimum Gasteiger partial charge on any atom is -0.337 e. The maximum atomic E-state index is 4.32. The highest BCUT2D eigenvalue weighted by atomic mass is 32.2. The molecule has 0 N–H and O–H groups in total. The summed E-state index contributed by atoms with van der Waals surface area (Å²) in [5, 5.41) is 13.1. The van der Waals surface area contributed by atoms with Crippen LogP contribution in [-0.4, -0.2) is 29.8 Å². The van der Waals surface area contributed by atoms with Crippen LogP contribution < -0.4 is 0 Å². The largest absolute Gasteiger partial charge is 0.337 e. The number of imidazole rings is 1. The number of aryl methyl sites for hydroxylation is 1. The number of hydrogen-bond acceptors (Lipinski definition) is 5. The van der Waals surface area contributed by atoms with Crippen molar-refractivity contribution >= 4 is 11.8 Å². The van der Waals surface area contributed by atoms with Crippen molar-refractivity contribution in [3.05, 3.63) is 18.2 Å². The topological polar surface area (TPSA) is 61.4 Å². The van der Waals surface area contributed by atoms with E-state index in [2.05, 4.69) is 20.5 Å². The minimum atomic E-state index is 0.479. The number of aromatic nitrogens is 6. The Morgan fingerprint density at radius 1 is 1.32 bits per heavy atom. The van der Waals surface area contributed by atoms with E-state index in [1.54, 1.807) is 11.8 Å². The zero-order valence-electron chi connectivity index (χ0n) is 11.1. The van der Waals surface area contributed by atoms with Crippen LogP contribution in [0.5, 0.6) is 0 Å². The summed E-state index contributed by atoms with van der Waals surface area (Å²) in [6.45, 7) is 0. The SMILES string of the molecule is Cn1ccnc1CSc1nnnn1C1CCCCC1. The van der Waals surface area contributed by atoms with Gasteiger partial charge in [-0.25, -0.2) is 9.67 Å². The molecule has 2 aromatic rings. The van der Waals surface area contributed by atoms with Gasteiger partial charge in [0.25, 0.3) is 0 Å². The zero-order chi connectivity index (χ0) is 13.1. The first-order valence-electron chi connectivity index (χ1n) is 6.71. The van der Waals surface area contributed by atoms with Crippen LogP contribution in [0.4, 0.5) is 0 Å². The van der Waals surface area contributed by atoms with Crippen LogP contribution in [0.15, 0.2) is 17.6 Å². The fraction of sp³-hybridized carbons (Fsp3) is 0.667. The Hall–Kier alpha value is -1.37. The highest BCUT2D eigenvalue weighted by Gasteiger charge is 2.20. The summed E-state index contributed by atoms with van der Waals surface area (Å²) in [7, 11) is 2.01. The van der Waals surface area contributed by atoms with Crippen molar-refractivity contribution in [2.24, 2.45) is 7.05 Å². The Labute approximate surface area is 116 Å². The molecule has 0 bridgehead atoms. The van der Waals surface area contributed by atoms with Gasteiger partial charge in [0.1, 0.15) is 5.82 Å². The molecule has 1 aliphatic rings. The molecule has 0 unspecified atom stereocenters. The van der Waals surface area contributed by atoms with Crippen molar-refractivity contribution in [3.63, 3.8) is 0 Å². The lowest BCUT2D eigenvalue weighted by atomic mass is 9.96. The average molecular weight is 278 g/mol. The van der Waals surface area contributed by atoms with Crippen molar-refractivity contribution < 1.29 is 0 Å². The molecule has 7 heteroatoms. The van der Waals surface area contributed by atoms with E-state index in [-0.39, 0.29) is 0 Å². The smallest absolute Gasteiger partial charge is 0.210 e. The van der Waals surface area contributed by atoms with Gasteiger partial charge in [-0.1, -0.05) is 31.0 Å².